The molecule has 0 aliphatic carbocycles. The molecule has 8 nitrogen and oxygen atoms in total. The zero-order chi connectivity index (χ0) is 19.8. The van der Waals surface area contributed by atoms with Crippen LogP contribution in [0.4, 0.5) is 5.69 Å². The third-order valence-corrected chi connectivity index (χ3v) is 4.31. The van der Waals surface area contributed by atoms with Crippen molar-refractivity contribution < 1.29 is 19.1 Å². The molecule has 1 saturated heterocycles. The highest BCUT2D eigenvalue weighted by molar-refractivity contribution is 5.97. The van der Waals surface area contributed by atoms with Crippen LogP contribution in [0, 0.1) is 17.2 Å². The molecule has 3 N–H and O–H groups in total. The lowest BCUT2D eigenvalue weighted by molar-refractivity contribution is -0.150. The lowest BCUT2D eigenvalue weighted by Crippen LogP contribution is -2.41. The third-order valence-electron chi connectivity index (χ3n) is 4.31. The second-order valence-electron chi connectivity index (χ2n) is 6.07. The SMILES string of the molecule is CCOC(=O)C1CCN(C(=O)/C(C#N)=C\Nc2ccc(C(N)=O)cc2)CC1. The van der Waals surface area contributed by atoms with E-state index in [2.05, 4.69) is 5.32 Å². The molecule has 1 aromatic rings. The zero-order valence-electron chi connectivity index (χ0n) is 15.1. The van der Waals surface area contributed by atoms with Gasteiger partial charge in [-0.3, -0.25) is 14.4 Å². The van der Waals surface area contributed by atoms with Gasteiger partial charge in [-0.2, -0.15) is 5.26 Å². The number of nitriles is 1. The number of nitrogens with one attached hydrogen (secondary N) is 1. The first-order chi connectivity index (χ1) is 13.0. The van der Waals surface area contributed by atoms with E-state index in [0.717, 1.165) is 0 Å². The van der Waals surface area contributed by atoms with Crippen molar-refractivity contribution in [3.05, 3.63) is 41.6 Å². The number of esters is 1. The van der Waals surface area contributed by atoms with E-state index >= 15 is 0 Å². The predicted molar refractivity (Wildman–Crippen MR) is 98.2 cm³/mol. The molecule has 0 aromatic heterocycles. The maximum atomic E-state index is 12.5. The van der Waals surface area contributed by atoms with Gasteiger partial charge in [-0.05, 0) is 44.0 Å². The fourth-order valence-corrected chi connectivity index (χ4v) is 2.78. The Morgan fingerprint density at radius 3 is 2.44 bits per heavy atom. The topological polar surface area (TPSA) is 126 Å². The number of ether oxygens (including phenoxy) is 1. The minimum absolute atomic E-state index is 0.0384. The van der Waals surface area contributed by atoms with Crippen LogP contribution in [-0.4, -0.2) is 42.4 Å². The number of anilines is 1. The number of carbonyl (C=O) groups excluding carboxylic acids is 3. The molecule has 1 fully saturated rings. The van der Waals surface area contributed by atoms with Crippen LogP contribution < -0.4 is 11.1 Å². The Balaban J connectivity index is 1.95. The van der Waals surface area contributed by atoms with E-state index in [0.29, 0.717) is 43.8 Å². The van der Waals surface area contributed by atoms with Gasteiger partial charge in [-0.15, -0.1) is 0 Å². The second kappa shape index (κ2) is 9.38. The first-order valence-corrected chi connectivity index (χ1v) is 8.68. The quantitative estimate of drug-likeness (QED) is 0.443. The van der Waals surface area contributed by atoms with Crippen LogP contribution in [0.25, 0.3) is 0 Å². The van der Waals surface area contributed by atoms with Crippen molar-refractivity contribution in [2.24, 2.45) is 11.7 Å². The number of piperidine rings is 1. The maximum Gasteiger partial charge on any atom is 0.309 e. The predicted octanol–water partition coefficient (Wildman–Crippen LogP) is 1.41. The Kier molecular flexibility index (Phi) is 6.94. The van der Waals surface area contributed by atoms with Crippen molar-refractivity contribution in [2.75, 3.05) is 25.0 Å². The largest absolute Gasteiger partial charge is 0.466 e. The number of rotatable bonds is 6. The third kappa shape index (κ3) is 5.31. The number of likely N-dealkylation sites (tertiary alicyclic amines) is 1. The maximum absolute atomic E-state index is 12.5. The van der Waals surface area contributed by atoms with Gasteiger partial charge in [0.05, 0.1) is 12.5 Å². The van der Waals surface area contributed by atoms with Crippen molar-refractivity contribution in [3.8, 4) is 6.07 Å². The van der Waals surface area contributed by atoms with Crippen molar-refractivity contribution in [1.82, 2.24) is 4.90 Å². The van der Waals surface area contributed by atoms with Crippen LogP contribution in [0.15, 0.2) is 36.0 Å². The molecule has 0 radical (unpaired) electrons. The normalized spacial score (nSPS) is 15.0. The number of nitrogens with zero attached hydrogens (tertiary/aromatic N) is 2. The molecule has 0 spiro atoms. The fourth-order valence-electron chi connectivity index (χ4n) is 2.78. The molecule has 0 atom stereocenters. The summed E-state index contributed by atoms with van der Waals surface area (Å²) in [6.45, 7) is 2.89. The monoisotopic (exact) mass is 370 g/mol. The molecule has 142 valence electrons. The molecule has 2 rings (SSSR count). The first kappa shape index (κ1) is 20.0. The van der Waals surface area contributed by atoms with Gasteiger partial charge >= 0.3 is 5.97 Å². The molecule has 1 heterocycles. The number of hydrogen-bond donors (Lipinski definition) is 2. The van der Waals surface area contributed by atoms with E-state index in [9.17, 15) is 19.6 Å². The molecular formula is C19H22N4O4. The molecule has 1 aromatic carbocycles. The van der Waals surface area contributed by atoms with Gasteiger partial charge in [0.2, 0.25) is 5.91 Å². The number of hydrogen-bond acceptors (Lipinski definition) is 6. The Morgan fingerprint density at radius 1 is 1.30 bits per heavy atom. The molecule has 27 heavy (non-hydrogen) atoms. The van der Waals surface area contributed by atoms with Crippen LogP contribution in [0.1, 0.15) is 30.1 Å². The lowest BCUT2D eigenvalue weighted by Gasteiger charge is -2.30. The van der Waals surface area contributed by atoms with E-state index in [1.54, 1.807) is 36.1 Å². The summed E-state index contributed by atoms with van der Waals surface area (Å²) in [7, 11) is 0. The van der Waals surface area contributed by atoms with E-state index in [4.69, 9.17) is 10.5 Å². The van der Waals surface area contributed by atoms with Crippen molar-refractivity contribution in [3.63, 3.8) is 0 Å². The van der Waals surface area contributed by atoms with Crippen molar-refractivity contribution in [1.29, 1.82) is 5.26 Å². The molecule has 0 saturated carbocycles. The number of amides is 2. The molecule has 2 amide bonds. The smallest absolute Gasteiger partial charge is 0.309 e. The number of primary amides is 1. The summed E-state index contributed by atoms with van der Waals surface area (Å²) in [5.74, 6) is -1.36. The van der Waals surface area contributed by atoms with Crippen LogP contribution >= 0.6 is 0 Å². The Labute approximate surface area is 157 Å². The van der Waals surface area contributed by atoms with Gasteiger partial charge in [0.25, 0.3) is 5.91 Å². The molecular weight excluding hydrogens is 348 g/mol. The highest BCUT2D eigenvalue weighted by atomic mass is 16.5. The zero-order valence-corrected chi connectivity index (χ0v) is 15.1. The number of carbonyl (C=O) groups is 3. The van der Waals surface area contributed by atoms with E-state index in [1.807, 2.05) is 6.07 Å². The highest BCUT2D eigenvalue weighted by Gasteiger charge is 2.29. The number of nitrogens with two attached hydrogens (primary N) is 1. The minimum Gasteiger partial charge on any atom is -0.466 e. The minimum atomic E-state index is -0.531. The van der Waals surface area contributed by atoms with Gasteiger partial charge in [0.1, 0.15) is 11.6 Å². The van der Waals surface area contributed by atoms with Crippen LogP contribution in [0.2, 0.25) is 0 Å². The van der Waals surface area contributed by atoms with E-state index < -0.39 is 5.91 Å². The van der Waals surface area contributed by atoms with Crippen molar-refractivity contribution in [2.45, 2.75) is 19.8 Å². The number of benzene rings is 1. The van der Waals surface area contributed by atoms with Crippen LogP contribution in [-0.2, 0) is 14.3 Å². The second-order valence-corrected chi connectivity index (χ2v) is 6.07. The van der Waals surface area contributed by atoms with Crippen LogP contribution in [0.3, 0.4) is 0 Å². The standard InChI is InChI=1S/C19H22N4O4/c1-2-27-19(26)14-7-9-23(10-8-14)18(25)15(11-20)12-22-16-5-3-13(4-6-16)17(21)24/h3-6,12,14,22H,2,7-10H2,1H3,(H2,21,24)/b15-12-. The molecule has 1 aliphatic heterocycles. The lowest BCUT2D eigenvalue weighted by atomic mass is 9.96. The summed E-state index contributed by atoms with van der Waals surface area (Å²) in [4.78, 5) is 36.9. The average molecular weight is 370 g/mol. The van der Waals surface area contributed by atoms with E-state index in [-0.39, 0.29) is 23.4 Å². The summed E-state index contributed by atoms with van der Waals surface area (Å²) >= 11 is 0. The van der Waals surface area contributed by atoms with Crippen molar-refractivity contribution >= 4 is 23.5 Å². The highest BCUT2D eigenvalue weighted by Crippen LogP contribution is 2.20. The molecule has 8 heteroatoms. The molecule has 0 unspecified atom stereocenters. The Hall–Kier alpha value is -3.34. The van der Waals surface area contributed by atoms with Gasteiger partial charge in [0, 0.05) is 30.5 Å². The summed E-state index contributed by atoms with van der Waals surface area (Å²) in [6.07, 6.45) is 2.37. The summed E-state index contributed by atoms with van der Waals surface area (Å²) in [6, 6.07) is 8.24. The summed E-state index contributed by atoms with van der Waals surface area (Å²) in [5.41, 5.74) is 6.12. The van der Waals surface area contributed by atoms with Gasteiger partial charge < -0.3 is 20.7 Å². The first-order valence-electron chi connectivity index (χ1n) is 8.68. The average Bonchev–Trinajstić information content (AvgIpc) is 2.69. The van der Waals surface area contributed by atoms with Gasteiger partial charge in [0.15, 0.2) is 0 Å². The molecule has 1 aliphatic rings. The molecule has 0 bridgehead atoms. The Morgan fingerprint density at radius 2 is 1.93 bits per heavy atom. The van der Waals surface area contributed by atoms with Gasteiger partial charge in [-0.25, -0.2) is 0 Å². The van der Waals surface area contributed by atoms with Crippen LogP contribution in [0.5, 0.6) is 0 Å². The van der Waals surface area contributed by atoms with Gasteiger partial charge in [-0.1, -0.05) is 0 Å². The van der Waals surface area contributed by atoms with E-state index in [1.165, 1.54) is 6.20 Å². The summed E-state index contributed by atoms with van der Waals surface area (Å²) in [5, 5.41) is 12.2. The summed E-state index contributed by atoms with van der Waals surface area (Å²) < 4.78 is 5.01. The fraction of sp³-hybridized carbons (Fsp3) is 0.368. The Bertz CT molecular complexity index is 772.